The number of anilines is 7. The molecule has 0 saturated carbocycles. The molecule has 0 amide bonds. The Hall–Kier alpha value is -8.04. The number of nitro groups is 1. The largest absolute Gasteiger partial charge is 0.399 e. The van der Waals surface area contributed by atoms with E-state index in [4.69, 9.17) is 28.9 Å². The number of nitrogen functional groups attached to an aromatic ring is 1. The predicted molar refractivity (Wildman–Crippen MR) is 241 cm³/mol. The minimum absolute atomic E-state index is 0.00126. The number of fused-ring (bicyclic) bond motifs is 2. The Labute approximate surface area is 363 Å². The quantitative estimate of drug-likeness (QED) is 0.0472. The molecular formula is C46H32Cl2F2N10O2. The first-order valence-corrected chi connectivity index (χ1v) is 19.4. The van der Waals surface area contributed by atoms with Crippen molar-refractivity contribution in [2.75, 3.05) is 27.0 Å². The van der Waals surface area contributed by atoms with Crippen LogP contribution in [0.5, 0.6) is 0 Å². The van der Waals surface area contributed by atoms with Crippen LogP contribution >= 0.6 is 23.2 Å². The minimum atomic E-state index is -0.537. The van der Waals surface area contributed by atoms with E-state index >= 15 is 0 Å². The van der Waals surface area contributed by atoms with Crippen LogP contribution in [0.25, 0.3) is 21.8 Å². The van der Waals surface area contributed by atoms with Crippen molar-refractivity contribution < 1.29 is 13.7 Å². The molecule has 0 aliphatic carbocycles. The number of hydrogen-bond acceptors (Lipinski definition) is 11. The molecule has 0 atom stereocenters. The summed E-state index contributed by atoms with van der Waals surface area (Å²) in [5.41, 5.74) is 14.2. The summed E-state index contributed by atoms with van der Waals surface area (Å²) in [5.74, 6) is -1.04. The number of nitrogens with one attached hydrogen (secondary N) is 4. The Kier molecular flexibility index (Phi) is 12.8. The first-order chi connectivity index (χ1) is 30.0. The van der Waals surface area contributed by atoms with Gasteiger partial charge in [-0.1, -0.05) is 47.5 Å². The van der Waals surface area contributed by atoms with Gasteiger partial charge in [0.15, 0.2) is 0 Å². The van der Waals surface area contributed by atoms with Crippen molar-refractivity contribution in [1.29, 1.82) is 10.5 Å². The molecule has 0 spiro atoms. The van der Waals surface area contributed by atoms with Crippen LogP contribution in [0.15, 0.2) is 134 Å². The molecule has 6 N–H and O–H groups in total. The Bertz CT molecular complexity index is 3080. The van der Waals surface area contributed by atoms with Crippen molar-refractivity contribution in [3.8, 4) is 12.1 Å². The Morgan fingerprint density at radius 3 is 1.55 bits per heavy atom. The molecule has 0 aliphatic rings. The molecule has 8 aromatic rings. The summed E-state index contributed by atoms with van der Waals surface area (Å²) in [5, 5.41) is 44.4. The van der Waals surface area contributed by atoms with Crippen molar-refractivity contribution in [3.63, 3.8) is 0 Å². The summed E-state index contributed by atoms with van der Waals surface area (Å²) in [6.07, 6.45) is 2.97. The van der Waals surface area contributed by atoms with Gasteiger partial charge in [0.2, 0.25) is 0 Å². The molecule has 0 saturated heterocycles. The molecule has 0 aliphatic heterocycles. The first-order valence-electron chi connectivity index (χ1n) is 18.6. The van der Waals surface area contributed by atoms with Crippen LogP contribution in [0.3, 0.4) is 0 Å². The van der Waals surface area contributed by atoms with E-state index in [0.717, 1.165) is 33.4 Å². The van der Waals surface area contributed by atoms with Gasteiger partial charge < -0.3 is 27.0 Å². The Morgan fingerprint density at radius 2 is 1.10 bits per heavy atom. The molecule has 0 radical (unpaired) electrons. The number of rotatable bonds is 11. The van der Waals surface area contributed by atoms with Crippen LogP contribution in [0.2, 0.25) is 10.0 Å². The summed E-state index contributed by atoms with van der Waals surface area (Å²) >= 11 is 11.8. The van der Waals surface area contributed by atoms with Crippen LogP contribution in [0, 0.1) is 44.4 Å². The van der Waals surface area contributed by atoms with Crippen molar-refractivity contribution in [1.82, 2.24) is 9.97 Å². The minimum Gasteiger partial charge on any atom is -0.399 e. The molecule has 0 unspecified atom stereocenters. The number of nitrogens with zero attached hydrogens (tertiary/aromatic N) is 5. The van der Waals surface area contributed by atoms with Gasteiger partial charge in [-0.05, 0) is 96.1 Å². The van der Waals surface area contributed by atoms with Crippen molar-refractivity contribution >= 4 is 90.5 Å². The van der Waals surface area contributed by atoms with Crippen LogP contribution < -0.4 is 27.0 Å². The maximum absolute atomic E-state index is 13.5. The zero-order valence-electron chi connectivity index (χ0n) is 32.3. The maximum atomic E-state index is 13.5. The molecule has 2 aromatic heterocycles. The highest BCUT2D eigenvalue weighted by Crippen LogP contribution is 2.34. The lowest BCUT2D eigenvalue weighted by atomic mass is 10.1. The van der Waals surface area contributed by atoms with E-state index in [9.17, 15) is 29.4 Å². The lowest BCUT2D eigenvalue weighted by Crippen LogP contribution is -2.01. The van der Waals surface area contributed by atoms with E-state index in [-0.39, 0.29) is 15.7 Å². The highest BCUT2D eigenvalue weighted by molar-refractivity contribution is 6.31. The zero-order chi connectivity index (χ0) is 43.8. The fourth-order valence-corrected chi connectivity index (χ4v) is 6.73. The summed E-state index contributed by atoms with van der Waals surface area (Å²) in [7, 11) is 0. The van der Waals surface area contributed by atoms with Crippen molar-refractivity contribution in [2.24, 2.45) is 0 Å². The molecule has 16 heteroatoms. The van der Waals surface area contributed by atoms with E-state index in [1.165, 1.54) is 54.9 Å². The average molecular weight is 866 g/mol. The molecule has 0 bridgehead atoms. The smallest absolute Gasteiger partial charge is 0.269 e. The third-order valence-corrected chi connectivity index (χ3v) is 10.00. The highest BCUT2D eigenvalue weighted by Gasteiger charge is 2.14. The Balaban J connectivity index is 0.000000187. The van der Waals surface area contributed by atoms with Gasteiger partial charge in [0.25, 0.3) is 5.69 Å². The van der Waals surface area contributed by atoms with Crippen LogP contribution in [0.4, 0.5) is 54.3 Å². The lowest BCUT2D eigenvalue weighted by Gasteiger charge is -2.14. The fourth-order valence-electron chi connectivity index (χ4n) is 6.37. The maximum Gasteiger partial charge on any atom is 0.269 e. The SMILES string of the molecule is N#Cc1cnc2ccc(NCc3cccc(N)c3)cc2c1Nc1ccc(F)c(Cl)c1.N#Cc1cnc2ccc(NCc3cccc([N+](=O)[O-])c3)cc2c1Nc1ccc(F)c(Cl)c1. The molecule has 8 rings (SSSR count). The molecule has 6 aromatic carbocycles. The van der Waals surface area contributed by atoms with E-state index < -0.39 is 16.6 Å². The number of non-ortho nitro benzene ring substituents is 1. The number of nitro benzene ring substituents is 1. The van der Waals surface area contributed by atoms with Crippen LogP contribution in [0.1, 0.15) is 22.3 Å². The normalized spacial score (nSPS) is 10.5. The number of pyridine rings is 2. The van der Waals surface area contributed by atoms with E-state index in [2.05, 4.69) is 43.4 Å². The second-order valence-corrected chi connectivity index (χ2v) is 14.5. The summed E-state index contributed by atoms with van der Waals surface area (Å²) in [6, 6.07) is 38.0. The average Bonchev–Trinajstić information content (AvgIpc) is 3.28. The topological polar surface area (TPSA) is 191 Å². The fraction of sp³-hybridized carbons (Fsp3) is 0.0435. The molecular weight excluding hydrogens is 833 g/mol. The van der Waals surface area contributed by atoms with Crippen LogP contribution in [-0.2, 0) is 13.1 Å². The van der Waals surface area contributed by atoms with Gasteiger partial charge in [-0.2, -0.15) is 10.5 Å². The summed E-state index contributed by atoms with van der Waals surface area (Å²) < 4.78 is 27.0. The van der Waals surface area contributed by atoms with Gasteiger partial charge >= 0.3 is 0 Å². The summed E-state index contributed by atoms with van der Waals surface area (Å²) in [6.45, 7) is 0.965. The van der Waals surface area contributed by atoms with Gasteiger partial charge in [0.05, 0.1) is 48.5 Å². The number of nitriles is 2. The molecule has 306 valence electrons. The zero-order valence-corrected chi connectivity index (χ0v) is 33.8. The first kappa shape index (κ1) is 42.1. The molecule has 2 heterocycles. The molecule has 0 fully saturated rings. The number of aromatic nitrogens is 2. The Morgan fingerprint density at radius 1 is 0.629 bits per heavy atom. The van der Waals surface area contributed by atoms with Crippen molar-refractivity contribution in [3.05, 3.63) is 188 Å². The second-order valence-electron chi connectivity index (χ2n) is 13.7. The van der Waals surface area contributed by atoms with E-state index in [1.807, 2.05) is 54.6 Å². The highest BCUT2D eigenvalue weighted by atomic mass is 35.5. The van der Waals surface area contributed by atoms with Crippen molar-refractivity contribution in [2.45, 2.75) is 13.1 Å². The lowest BCUT2D eigenvalue weighted by molar-refractivity contribution is -0.384. The third-order valence-electron chi connectivity index (χ3n) is 9.42. The number of hydrogen-bond donors (Lipinski definition) is 5. The molecule has 62 heavy (non-hydrogen) atoms. The molecule has 12 nitrogen and oxygen atoms in total. The number of benzene rings is 6. The van der Waals surface area contributed by atoms with E-state index in [1.54, 1.807) is 24.3 Å². The van der Waals surface area contributed by atoms with Gasteiger partial charge in [0.1, 0.15) is 23.8 Å². The van der Waals surface area contributed by atoms with E-state index in [0.29, 0.717) is 63.6 Å². The standard InChI is InChI=1S/C23H15ClFN5O2.C23H17ClFN5/c24-20-10-17(4-6-21(20)25)29-23-15(11-26)13-28-22-7-5-16(9-19(22)23)27-12-14-2-1-3-18(8-14)30(31)32;24-20-10-18(4-6-21(20)25)30-23-15(11-26)13-29-22-7-5-17(9-19(22)23)28-12-14-2-1-3-16(27)8-14/h1-10,13,27H,12H2,(H,28,29);1-10,13,28H,12,27H2,(H,29,30). The monoisotopic (exact) mass is 864 g/mol. The predicted octanol–water partition coefficient (Wildman–Crippen LogP) is 12.0. The van der Waals surface area contributed by atoms with Gasteiger partial charge in [-0.15, -0.1) is 0 Å². The number of nitrogens with two attached hydrogens (primary N) is 1. The van der Waals surface area contributed by atoms with Gasteiger partial charge in [0, 0.05) is 76.8 Å². The second kappa shape index (κ2) is 18.9. The number of halogens is 4. The van der Waals surface area contributed by atoms with Gasteiger partial charge in [-0.25, -0.2) is 8.78 Å². The van der Waals surface area contributed by atoms with Gasteiger partial charge in [-0.3, -0.25) is 20.1 Å². The van der Waals surface area contributed by atoms with Crippen LogP contribution in [-0.4, -0.2) is 14.9 Å². The third kappa shape index (κ3) is 10.0. The summed E-state index contributed by atoms with van der Waals surface area (Å²) in [4.78, 5) is 19.2.